The normalized spacial score (nSPS) is 14.6. The van der Waals surface area contributed by atoms with Crippen LogP contribution in [0.4, 0.5) is 0 Å². The quantitative estimate of drug-likeness (QED) is 0.723. The van der Waals surface area contributed by atoms with Gasteiger partial charge in [-0.2, -0.15) is 0 Å². The zero-order valence-corrected chi connectivity index (χ0v) is 12.4. The molecule has 1 aromatic carbocycles. The van der Waals surface area contributed by atoms with Crippen molar-refractivity contribution < 1.29 is 0 Å². The van der Waals surface area contributed by atoms with Crippen LogP contribution in [-0.2, 0) is 6.54 Å². The minimum atomic E-state index is 0. The van der Waals surface area contributed by atoms with Crippen molar-refractivity contribution in [3.8, 4) is 0 Å². The highest BCUT2D eigenvalue weighted by Gasteiger charge is 2.04. The predicted molar refractivity (Wildman–Crippen MR) is 85.5 cm³/mol. The molecule has 0 bridgehead atoms. The second-order valence-electron chi connectivity index (χ2n) is 4.25. The molecule has 3 rings (SSSR count). The molecule has 0 unspecified atom stereocenters. The van der Waals surface area contributed by atoms with Gasteiger partial charge in [-0.15, -0.1) is 24.0 Å². The van der Waals surface area contributed by atoms with Crippen LogP contribution in [0.2, 0.25) is 0 Å². The van der Waals surface area contributed by atoms with E-state index in [1.165, 1.54) is 16.6 Å². The van der Waals surface area contributed by atoms with E-state index in [0.29, 0.717) is 0 Å². The molecule has 1 aliphatic heterocycles. The van der Waals surface area contributed by atoms with Crippen molar-refractivity contribution in [1.82, 2.24) is 15.6 Å². The minimum absolute atomic E-state index is 0. The SMILES string of the molecule is I.c1ccc2[nH]c(CNC3=NCCCN3)cc2c1. The van der Waals surface area contributed by atoms with Gasteiger partial charge in [0, 0.05) is 24.3 Å². The largest absolute Gasteiger partial charge is 0.357 e. The molecule has 0 fully saturated rings. The number of nitrogens with zero attached hydrogens (tertiary/aromatic N) is 1. The molecule has 2 heterocycles. The van der Waals surface area contributed by atoms with Gasteiger partial charge in [0.1, 0.15) is 0 Å². The lowest BCUT2D eigenvalue weighted by Crippen LogP contribution is -2.40. The van der Waals surface area contributed by atoms with Crippen LogP contribution in [0, 0.1) is 0 Å². The average molecular weight is 356 g/mol. The number of rotatable bonds is 2. The van der Waals surface area contributed by atoms with Crippen LogP contribution < -0.4 is 10.6 Å². The van der Waals surface area contributed by atoms with Crippen molar-refractivity contribution >= 4 is 40.8 Å². The van der Waals surface area contributed by atoms with Crippen LogP contribution in [-0.4, -0.2) is 24.0 Å². The van der Waals surface area contributed by atoms with E-state index in [-0.39, 0.29) is 24.0 Å². The van der Waals surface area contributed by atoms with E-state index in [1.807, 2.05) is 6.07 Å². The van der Waals surface area contributed by atoms with Crippen molar-refractivity contribution in [1.29, 1.82) is 0 Å². The third-order valence-corrected chi connectivity index (χ3v) is 2.93. The van der Waals surface area contributed by atoms with Crippen molar-refractivity contribution in [2.75, 3.05) is 13.1 Å². The first-order chi connectivity index (χ1) is 8.42. The number of aromatic nitrogens is 1. The second-order valence-corrected chi connectivity index (χ2v) is 4.25. The van der Waals surface area contributed by atoms with Crippen LogP contribution in [0.25, 0.3) is 10.9 Å². The Morgan fingerprint density at radius 1 is 1.28 bits per heavy atom. The molecule has 0 saturated carbocycles. The van der Waals surface area contributed by atoms with Crippen molar-refractivity contribution in [2.24, 2.45) is 4.99 Å². The summed E-state index contributed by atoms with van der Waals surface area (Å²) in [5.41, 5.74) is 2.36. The molecule has 4 nitrogen and oxygen atoms in total. The summed E-state index contributed by atoms with van der Waals surface area (Å²) >= 11 is 0. The first kappa shape index (κ1) is 13.2. The number of hydrogen-bond donors (Lipinski definition) is 3. The lowest BCUT2D eigenvalue weighted by atomic mass is 10.2. The molecule has 1 aliphatic rings. The molecular formula is C13H17IN4. The molecule has 18 heavy (non-hydrogen) atoms. The van der Waals surface area contributed by atoms with Gasteiger partial charge < -0.3 is 15.6 Å². The highest BCUT2D eigenvalue weighted by atomic mass is 127. The summed E-state index contributed by atoms with van der Waals surface area (Å²) in [6.45, 7) is 2.71. The summed E-state index contributed by atoms with van der Waals surface area (Å²) in [4.78, 5) is 7.77. The molecule has 3 N–H and O–H groups in total. The fourth-order valence-corrected chi connectivity index (χ4v) is 2.06. The van der Waals surface area contributed by atoms with E-state index in [1.54, 1.807) is 0 Å². The molecule has 0 amide bonds. The van der Waals surface area contributed by atoms with Gasteiger partial charge in [-0.3, -0.25) is 4.99 Å². The van der Waals surface area contributed by atoms with Gasteiger partial charge in [0.05, 0.1) is 6.54 Å². The number of fused-ring (bicyclic) bond motifs is 1. The summed E-state index contributed by atoms with van der Waals surface area (Å²) in [5.74, 6) is 0.912. The monoisotopic (exact) mass is 356 g/mol. The van der Waals surface area contributed by atoms with Gasteiger partial charge in [0.15, 0.2) is 5.96 Å². The fraction of sp³-hybridized carbons (Fsp3) is 0.308. The summed E-state index contributed by atoms with van der Waals surface area (Å²) < 4.78 is 0. The topological polar surface area (TPSA) is 52.2 Å². The minimum Gasteiger partial charge on any atom is -0.357 e. The Kier molecular flexibility index (Phi) is 4.46. The van der Waals surface area contributed by atoms with Gasteiger partial charge in [-0.1, -0.05) is 18.2 Å². The molecule has 2 aromatic rings. The smallest absolute Gasteiger partial charge is 0.191 e. The Bertz CT molecular complexity index is 514. The lowest BCUT2D eigenvalue weighted by molar-refractivity contribution is 0.699. The molecule has 96 valence electrons. The van der Waals surface area contributed by atoms with Crippen LogP contribution in [0.1, 0.15) is 12.1 Å². The van der Waals surface area contributed by atoms with Crippen LogP contribution >= 0.6 is 24.0 Å². The number of aliphatic imine (C=N–C) groups is 1. The molecule has 0 atom stereocenters. The second kappa shape index (κ2) is 6.08. The number of halogens is 1. The van der Waals surface area contributed by atoms with E-state index in [9.17, 15) is 0 Å². The Balaban J connectivity index is 0.00000120. The number of nitrogens with one attached hydrogen (secondary N) is 3. The van der Waals surface area contributed by atoms with E-state index < -0.39 is 0 Å². The third-order valence-electron chi connectivity index (χ3n) is 2.93. The summed E-state index contributed by atoms with van der Waals surface area (Å²) in [7, 11) is 0. The fourth-order valence-electron chi connectivity index (χ4n) is 2.06. The summed E-state index contributed by atoms with van der Waals surface area (Å²) in [5, 5.41) is 7.81. The molecule has 5 heteroatoms. The Labute approximate surface area is 123 Å². The van der Waals surface area contributed by atoms with Gasteiger partial charge in [0.2, 0.25) is 0 Å². The number of hydrogen-bond acceptors (Lipinski definition) is 3. The maximum absolute atomic E-state index is 4.38. The zero-order chi connectivity index (χ0) is 11.5. The highest BCUT2D eigenvalue weighted by molar-refractivity contribution is 14.0. The maximum Gasteiger partial charge on any atom is 0.191 e. The zero-order valence-electron chi connectivity index (χ0n) is 10.1. The number of H-pyrrole nitrogens is 1. The number of benzene rings is 1. The summed E-state index contributed by atoms with van der Waals surface area (Å²) in [6, 6.07) is 10.5. The van der Waals surface area contributed by atoms with E-state index in [2.05, 4.69) is 44.9 Å². The van der Waals surface area contributed by atoms with Crippen molar-refractivity contribution in [3.63, 3.8) is 0 Å². The lowest BCUT2D eigenvalue weighted by Gasteiger charge is -2.15. The molecule has 0 radical (unpaired) electrons. The maximum atomic E-state index is 4.38. The predicted octanol–water partition coefficient (Wildman–Crippen LogP) is 2.22. The number of aromatic amines is 1. The summed E-state index contributed by atoms with van der Waals surface area (Å²) in [6.07, 6.45) is 1.12. The van der Waals surface area contributed by atoms with E-state index in [4.69, 9.17) is 0 Å². The Morgan fingerprint density at radius 2 is 2.17 bits per heavy atom. The molecule has 1 aromatic heterocycles. The average Bonchev–Trinajstić information content (AvgIpc) is 2.80. The highest BCUT2D eigenvalue weighted by Crippen LogP contribution is 2.14. The third kappa shape index (κ3) is 2.95. The number of guanidine groups is 1. The number of para-hydroxylation sites is 1. The van der Waals surface area contributed by atoms with Gasteiger partial charge in [-0.05, 0) is 23.9 Å². The Morgan fingerprint density at radius 3 is 2.94 bits per heavy atom. The van der Waals surface area contributed by atoms with Crippen LogP contribution in [0.15, 0.2) is 35.3 Å². The van der Waals surface area contributed by atoms with Gasteiger partial charge >= 0.3 is 0 Å². The van der Waals surface area contributed by atoms with Gasteiger partial charge in [-0.25, -0.2) is 0 Å². The molecule has 0 spiro atoms. The first-order valence-corrected chi connectivity index (χ1v) is 6.01. The molecular weight excluding hydrogens is 339 g/mol. The Hall–Kier alpha value is -1.24. The first-order valence-electron chi connectivity index (χ1n) is 6.01. The van der Waals surface area contributed by atoms with Crippen molar-refractivity contribution in [3.05, 3.63) is 36.0 Å². The van der Waals surface area contributed by atoms with Crippen molar-refractivity contribution in [2.45, 2.75) is 13.0 Å². The van der Waals surface area contributed by atoms with E-state index in [0.717, 1.165) is 32.0 Å². The van der Waals surface area contributed by atoms with Crippen LogP contribution in [0.5, 0.6) is 0 Å². The van der Waals surface area contributed by atoms with Crippen LogP contribution in [0.3, 0.4) is 0 Å². The standard InChI is InChI=1S/C13H16N4.HI/c1-2-5-12-10(4-1)8-11(17-12)9-16-13-14-6-3-7-15-13;/h1-2,4-5,8,17H,3,6-7,9H2,(H2,14,15,16);1H. The van der Waals surface area contributed by atoms with E-state index >= 15 is 0 Å². The molecule has 0 aliphatic carbocycles. The van der Waals surface area contributed by atoms with Gasteiger partial charge in [0.25, 0.3) is 0 Å². The molecule has 0 saturated heterocycles.